The molecule has 2 heteroatoms. The van der Waals surface area contributed by atoms with Gasteiger partial charge < -0.3 is 9.30 Å². The summed E-state index contributed by atoms with van der Waals surface area (Å²) in [6, 6.07) is 45.7. The zero-order valence-electron chi connectivity index (χ0n) is 22.0. The number of hydrogen-bond donors (Lipinski definition) is 0. The van der Waals surface area contributed by atoms with Crippen molar-refractivity contribution in [2.45, 2.75) is 19.3 Å². The van der Waals surface area contributed by atoms with Gasteiger partial charge >= 0.3 is 0 Å². The molecule has 0 saturated carbocycles. The average molecular weight is 502 g/mol. The van der Waals surface area contributed by atoms with Gasteiger partial charge in [0.05, 0.1) is 11.0 Å². The Hall–Kier alpha value is -4.82. The van der Waals surface area contributed by atoms with Crippen LogP contribution in [-0.4, -0.2) is 4.57 Å². The molecule has 2 nitrogen and oxygen atoms in total. The predicted molar refractivity (Wildman–Crippen MR) is 162 cm³/mol. The number of nitrogens with zero attached hydrogens (tertiary/aromatic N) is 1. The Balaban J connectivity index is 1.49. The van der Waals surface area contributed by atoms with Crippen LogP contribution < -0.4 is 4.74 Å². The van der Waals surface area contributed by atoms with Crippen LogP contribution in [0.1, 0.15) is 25.0 Å². The summed E-state index contributed by atoms with van der Waals surface area (Å²) in [6.45, 7) is 4.61. The van der Waals surface area contributed by atoms with Crippen LogP contribution in [0.5, 0.6) is 11.5 Å². The normalized spacial score (nSPS) is 13.8. The van der Waals surface area contributed by atoms with E-state index in [1.807, 2.05) is 6.07 Å². The maximum Gasteiger partial charge on any atom is 0.131 e. The SMILES string of the molecule is CC1(C)c2ccccc2Oc2ccc(-c3c4ccccc4cc4c3c3ccccc3n4-c3ccccc3)cc21. The Labute approximate surface area is 227 Å². The van der Waals surface area contributed by atoms with Gasteiger partial charge in [-0.2, -0.15) is 0 Å². The van der Waals surface area contributed by atoms with E-state index in [1.54, 1.807) is 0 Å². The molecule has 2 heterocycles. The molecule has 0 unspecified atom stereocenters. The summed E-state index contributed by atoms with van der Waals surface area (Å²) >= 11 is 0. The number of fused-ring (bicyclic) bond motifs is 6. The lowest BCUT2D eigenvalue weighted by atomic mass is 9.75. The quantitative estimate of drug-likeness (QED) is 0.230. The van der Waals surface area contributed by atoms with Crippen LogP contribution in [0.25, 0.3) is 49.4 Å². The van der Waals surface area contributed by atoms with Crippen LogP contribution in [0.3, 0.4) is 0 Å². The lowest BCUT2D eigenvalue weighted by molar-refractivity contribution is 0.418. The summed E-state index contributed by atoms with van der Waals surface area (Å²) in [5.74, 6) is 1.88. The maximum atomic E-state index is 6.41. The highest BCUT2D eigenvalue weighted by Gasteiger charge is 2.34. The molecule has 6 aromatic carbocycles. The second kappa shape index (κ2) is 8.09. The van der Waals surface area contributed by atoms with E-state index in [4.69, 9.17) is 4.74 Å². The molecule has 0 fully saturated rings. The van der Waals surface area contributed by atoms with Gasteiger partial charge in [0.25, 0.3) is 0 Å². The molecule has 0 aliphatic carbocycles. The van der Waals surface area contributed by atoms with Crippen LogP contribution in [0.2, 0.25) is 0 Å². The van der Waals surface area contributed by atoms with Gasteiger partial charge in [0, 0.05) is 33.0 Å². The monoisotopic (exact) mass is 501 g/mol. The largest absolute Gasteiger partial charge is 0.457 e. The molecular formula is C37H27NO. The van der Waals surface area contributed by atoms with Crippen molar-refractivity contribution in [2.75, 3.05) is 0 Å². The molecule has 0 amide bonds. The lowest BCUT2D eigenvalue weighted by Gasteiger charge is -2.34. The van der Waals surface area contributed by atoms with Gasteiger partial charge in [-0.3, -0.25) is 0 Å². The van der Waals surface area contributed by atoms with E-state index in [0.29, 0.717) is 0 Å². The van der Waals surface area contributed by atoms with Gasteiger partial charge in [-0.15, -0.1) is 0 Å². The lowest BCUT2D eigenvalue weighted by Crippen LogP contribution is -2.24. The Bertz CT molecular complexity index is 2060. The second-order valence-corrected chi connectivity index (χ2v) is 11.0. The molecule has 0 bridgehead atoms. The summed E-state index contributed by atoms with van der Waals surface area (Å²) < 4.78 is 8.81. The van der Waals surface area contributed by atoms with Gasteiger partial charge in [0.1, 0.15) is 11.5 Å². The van der Waals surface area contributed by atoms with Crippen LogP contribution in [0.4, 0.5) is 0 Å². The molecule has 7 aromatic rings. The first-order valence-corrected chi connectivity index (χ1v) is 13.5. The van der Waals surface area contributed by atoms with Crippen molar-refractivity contribution < 1.29 is 4.74 Å². The Morgan fingerprint density at radius 3 is 2.13 bits per heavy atom. The third kappa shape index (κ3) is 3.15. The molecule has 39 heavy (non-hydrogen) atoms. The maximum absolute atomic E-state index is 6.41. The van der Waals surface area contributed by atoms with Crippen molar-refractivity contribution in [1.29, 1.82) is 0 Å². The predicted octanol–water partition coefficient (Wildman–Crippen LogP) is 10.0. The second-order valence-electron chi connectivity index (χ2n) is 11.0. The molecule has 0 saturated heterocycles. The van der Waals surface area contributed by atoms with E-state index in [2.05, 4.69) is 140 Å². The Morgan fingerprint density at radius 1 is 0.564 bits per heavy atom. The fourth-order valence-electron chi connectivity index (χ4n) is 6.55. The third-order valence-electron chi connectivity index (χ3n) is 8.42. The molecule has 0 radical (unpaired) electrons. The van der Waals surface area contributed by atoms with Crippen molar-refractivity contribution in [3.05, 3.63) is 139 Å². The molecule has 1 aliphatic rings. The Kier molecular flexibility index (Phi) is 4.60. The molecule has 0 N–H and O–H groups in total. The fraction of sp³-hybridized carbons (Fsp3) is 0.0811. The van der Waals surface area contributed by atoms with Crippen LogP contribution in [-0.2, 0) is 5.41 Å². The average Bonchev–Trinajstić information content (AvgIpc) is 3.30. The van der Waals surface area contributed by atoms with Crippen molar-refractivity contribution in [2.24, 2.45) is 0 Å². The van der Waals surface area contributed by atoms with Gasteiger partial charge in [-0.25, -0.2) is 0 Å². The molecule has 0 spiro atoms. The van der Waals surface area contributed by atoms with Crippen molar-refractivity contribution >= 4 is 32.6 Å². The summed E-state index contributed by atoms with van der Waals surface area (Å²) in [5, 5.41) is 5.04. The summed E-state index contributed by atoms with van der Waals surface area (Å²) in [6.07, 6.45) is 0. The van der Waals surface area contributed by atoms with E-state index >= 15 is 0 Å². The van der Waals surface area contributed by atoms with E-state index in [1.165, 1.54) is 60.5 Å². The van der Waals surface area contributed by atoms with Crippen molar-refractivity contribution in [3.63, 3.8) is 0 Å². The molecule has 0 atom stereocenters. The van der Waals surface area contributed by atoms with E-state index in [-0.39, 0.29) is 5.41 Å². The Morgan fingerprint density at radius 2 is 1.26 bits per heavy atom. The topological polar surface area (TPSA) is 14.2 Å². The van der Waals surface area contributed by atoms with Gasteiger partial charge in [-0.1, -0.05) is 98.8 Å². The van der Waals surface area contributed by atoms with Crippen LogP contribution in [0, 0.1) is 0 Å². The zero-order chi connectivity index (χ0) is 26.1. The molecular weight excluding hydrogens is 474 g/mol. The highest BCUT2D eigenvalue weighted by Crippen LogP contribution is 2.50. The smallest absolute Gasteiger partial charge is 0.131 e. The van der Waals surface area contributed by atoms with Crippen LogP contribution in [0.15, 0.2) is 127 Å². The van der Waals surface area contributed by atoms with Crippen molar-refractivity contribution in [1.82, 2.24) is 4.57 Å². The fourth-order valence-corrected chi connectivity index (χ4v) is 6.55. The number of rotatable bonds is 2. The third-order valence-corrected chi connectivity index (χ3v) is 8.42. The van der Waals surface area contributed by atoms with E-state index in [0.717, 1.165) is 11.5 Å². The first-order chi connectivity index (χ1) is 19.1. The number of aromatic nitrogens is 1. The van der Waals surface area contributed by atoms with E-state index < -0.39 is 0 Å². The standard InChI is InChI=1S/C37H27NO/c1-37(2)29-17-9-11-19-33(29)39-34-21-20-25(22-30(34)37)35-27-15-7-6-12-24(27)23-32-36(35)28-16-8-10-18-31(28)38(32)26-13-4-3-5-14-26/h3-23H,1-2H3. The zero-order valence-corrected chi connectivity index (χ0v) is 22.0. The molecule has 1 aromatic heterocycles. The van der Waals surface area contributed by atoms with Gasteiger partial charge in [0.15, 0.2) is 0 Å². The van der Waals surface area contributed by atoms with E-state index in [9.17, 15) is 0 Å². The summed E-state index contributed by atoms with van der Waals surface area (Å²) in [4.78, 5) is 0. The minimum absolute atomic E-state index is 0.179. The minimum atomic E-state index is -0.179. The van der Waals surface area contributed by atoms with Gasteiger partial charge in [0.2, 0.25) is 0 Å². The summed E-state index contributed by atoms with van der Waals surface area (Å²) in [5.41, 5.74) is 8.34. The first-order valence-electron chi connectivity index (χ1n) is 13.5. The number of para-hydroxylation sites is 3. The molecule has 1 aliphatic heterocycles. The van der Waals surface area contributed by atoms with Crippen LogP contribution >= 0.6 is 0 Å². The highest BCUT2D eigenvalue weighted by atomic mass is 16.5. The number of hydrogen-bond acceptors (Lipinski definition) is 1. The number of ether oxygens (including phenoxy) is 1. The highest BCUT2D eigenvalue weighted by molar-refractivity contribution is 6.23. The van der Waals surface area contributed by atoms with Gasteiger partial charge in [-0.05, 0) is 64.4 Å². The first kappa shape index (κ1) is 22.2. The summed E-state index contributed by atoms with van der Waals surface area (Å²) in [7, 11) is 0. The van der Waals surface area contributed by atoms with Crippen molar-refractivity contribution in [3.8, 4) is 28.3 Å². The molecule has 8 rings (SSSR count). The molecule has 186 valence electrons. The number of benzene rings is 6. The minimum Gasteiger partial charge on any atom is -0.457 e.